The summed E-state index contributed by atoms with van der Waals surface area (Å²) in [6.45, 7) is 7.15. The topological polar surface area (TPSA) is 127 Å². The van der Waals surface area contributed by atoms with E-state index < -0.39 is 43.8 Å². The Morgan fingerprint density at radius 2 is 2.02 bits per heavy atom. The van der Waals surface area contributed by atoms with Crippen LogP contribution in [0.5, 0.6) is 0 Å². The number of halogens is 2. The SMILES string of the molecule is CC(=O)OC1CC(=O)N1c1cccc(CN2C(=O)[C@]3(O[C@H](CCn4cc(CCO)nn4)[C@@H]([Si](C)(C)F)[C@@H]3C)c3cc(Br)ccc32)c1. The number of carbonyl (C=O) groups excluding carboxylic acids is 3. The molecule has 14 heteroatoms. The zero-order valence-electron chi connectivity index (χ0n) is 26.2. The van der Waals surface area contributed by atoms with E-state index in [0.717, 1.165) is 10.0 Å². The lowest BCUT2D eigenvalue weighted by molar-refractivity contribution is -0.154. The lowest BCUT2D eigenvalue weighted by Gasteiger charge is -2.39. The number of benzene rings is 2. The lowest BCUT2D eigenvalue weighted by atomic mass is 9.82. The van der Waals surface area contributed by atoms with Gasteiger partial charge in [-0.05, 0) is 55.4 Å². The second kappa shape index (κ2) is 12.3. The average Bonchev–Trinajstić information content (AvgIpc) is 3.62. The van der Waals surface area contributed by atoms with E-state index in [1.807, 2.05) is 37.3 Å². The molecule has 2 amide bonds. The van der Waals surface area contributed by atoms with Crippen molar-refractivity contribution in [3.8, 4) is 0 Å². The third-order valence-electron chi connectivity index (χ3n) is 9.26. The van der Waals surface area contributed by atoms with Gasteiger partial charge in [0.1, 0.15) is 0 Å². The molecule has 11 nitrogen and oxygen atoms in total. The summed E-state index contributed by atoms with van der Waals surface area (Å²) in [6, 6.07) is 12.9. The normalized spacial score (nSPS) is 25.7. The molecule has 46 heavy (non-hydrogen) atoms. The minimum Gasteiger partial charge on any atom is -0.441 e. The van der Waals surface area contributed by atoms with Crippen molar-refractivity contribution in [2.45, 2.75) is 82.8 Å². The number of anilines is 2. The molecule has 3 aliphatic heterocycles. The van der Waals surface area contributed by atoms with E-state index in [4.69, 9.17) is 9.47 Å². The molecule has 1 spiro atoms. The predicted molar refractivity (Wildman–Crippen MR) is 173 cm³/mol. The molecule has 3 aliphatic rings. The lowest BCUT2D eigenvalue weighted by Crippen LogP contribution is -2.54. The van der Waals surface area contributed by atoms with E-state index >= 15 is 4.11 Å². The Hall–Kier alpha value is -3.46. The molecule has 0 aliphatic carbocycles. The Morgan fingerprint density at radius 3 is 2.72 bits per heavy atom. The molecular formula is C32H37BrFN5O6Si. The maximum atomic E-state index is 16.2. The van der Waals surface area contributed by atoms with E-state index in [9.17, 15) is 19.5 Å². The molecule has 4 heterocycles. The highest BCUT2D eigenvalue weighted by molar-refractivity contribution is 9.10. The molecule has 2 aromatic carbocycles. The summed E-state index contributed by atoms with van der Waals surface area (Å²) in [6.07, 6.45) is 1.51. The quantitative estimate of drug-likeness (QED) is 0.140. The zero-order chi connectivity index (χ0) is 33.0. The van der Waals surface area contributed by atoms with Gasteiger partial charge in [-0.2, -0.15) is 0 Å². The van der Waals surface area contributed by atoms with E-state index in [2.05, 4.69) is 26.2 Å². The van der Waals surface area contributed by atoms with Gasteiger partial charge in [-0.25, -0.2) is 0 Å². The van der Waals surface area contributed by atoms with Gasteiger partial charge in [0.15, 0.2) is 11.8 Å². The molecule has 3 aromatic rings. The number of aliphatic hydroxyl groups is 1. The van der Waals surface area contributed by atoms with Gasteiger partial charge in [-0.1, -0.05) is 40.2 Å². The molecule has 0 saturated carbocycles. The standard InChI is InChI=1S/C32H37BrFN5O6Si/c1-19-30(46(3,4)34)27(10-12-37-18-23(11-13-40)35-36-37)45-32(19)25-15-22(33)8-9-26(25)38(31(32)43)17-21-6-5-7-24(14-21)39-28(42)16-29(39)44-20(2)41/h5-9,14-15,18-19,27,29-30,40H,10-13,16-17H2,1-4H3/t19-,27+,29?,30-,32+/m0/s1. The highest BCUT2D eigenvalue weighted by Crippen LogP contribution is 2.60. The van der Waals surface area contributed by atoms with Crippen molar-refractivity contribution in [3.63, 3.8) is 0 Å². The van der Waals surface area contributed by atoms with Crippen LogP contribution in [0.15, 0.2) is 53.1 Å². The number of ether oxygens (including phenoxy) is 2. The van der Waals surface area contributed by atoms with Gasteiger partial charge in [-0.3, -0.25) is 24.0 Å². The number of hydrogen-bond acceptors (Lipinski definition) is 8. The molecule has 1 aromatic heterocycles. The molecule has 5 atom stereocenters. The van der Waals surface area contributed by atoms with Gasteiger partial charge < -0.3 is 23.6 Å². The van der Waals surface area contributed by atoms with E-state index in [-0.39, 0.29) is 31.4 Å². The minimum absolute atomic E-state index is 0.0305. The Morgan fingerprint density at radius 1 is 1.24 bits per heavy atom. The number of β-lactam (4-membered cyclic amide) rings is 1. The first-order valence-corrected chi connectivity index (χ1v) is 19.1. The Balaban J connectivity index is 1.31. The van der Waals surface area contributed by atoms with Crippen LogP contribution in [-0.2, 0) is 49.0 Å². The fraction of sp³-hybridized carbons (Fsp3) is 0.469. The van der Waals surface area contributed by atoms with Gasteiger partial charge in [-0.15, -0.1) is 5.10 Å². The fourth-order valence-corrected chi connectivity index (χ4v) is 10.3. The molecule has 0 bridgehead atoms. The number of carbonyl (C=O) groups is 3. The van der Waals surface area contributed by atoms with Crippen molar-refractivity contribution in [2.75, 3.05) is 16.4 Å². The van der Waals surface area contributed by atoms with Crippen LogP contribution in [0.4, 0.5) is 15.5 Å². The number of rotatable bonds is 10. The van der Waals surface area contributed by atoms with Crippen LogP contribution < -0.4 is 9.80 Å². The molecule has 2 fully saturated rings. The first-order chi connectivity index (χ1) is 21.8. The first-order valence-electron chi connectivity index (χ1n) is 15.4. The van der Waals surface area contributed by atoms with Crippen molar-refractivity contribution in [1.29, 1.82) is 0 Å². The number of fused-ring (bicyclic) bond motifs is 2. The van der Waals surface area contributed by atoms with Gasteiger partial charge >= 0.3 is 5.97 Å². The summed E-state index contributed by atoms with van der Waals surface area (Å²) in [5.41, 5.74) is 1.53. The van der Waals surface area contributed by atoms with Crippen molar-refractivity contribution >= 4 is 53.5 Å². The number of aryl methyl sites for hydroxylation is 1. The zero-order valence-corrected chi connectivity index (χ0v) is 28.7. The summed E-state index contributed by atoms with van der Waals surface area (Å²) in [7, 11) is -3.35. The number of amides is 2. The fourth-order valence-electron chi connectivity index (χ4n) is 7.35. The smallest absolute Gasteiger partial charge is 0.304 e. The predicted octanol–water partition coefficient (Wildman–Crippen LogP) is 4.61. The third-order valence-corrected chi connectivity index (χ3v) is 12.2. The van der Waals surface area contributed by atoms with Crippen molar-refractivity contribution in [2.24, 2.45) is 5.92 Å². The number of hydrogen-bond donors (Lipinski definition) is 1. The summed E-state index contributed by atoms with van der Waals surface area (Å²) >= 11 is 3.58. The van der Waals surface area contributed by atoms with Gasteiger partial charge in [0.05, 0.1) is 30.5 Å². The molecule has 0 radical (unpaired) electrons. The van der Waals surface area contributed by atoms with Crippen LogP contribution in [-0.4, -0.2) is 65.2 Å². The largest absolute Gasteiger partial charge is 0.441 e. The minimum atomic E-state index is -3.35. The summed E-state index contributed by atoms with van der Waals surface area (Å²) < 4.78 is 30.8. The van der Waals surface area contributed by atoms with Crippen LogP contribution in [0.3, 0.4) is 0 Å². The number of esters is 1. The first kappa shape index (κ1) is 32.5. The van der Waals surface area contributed by atoms with Gasteiger partial charge in [0.25, 0.3) is 5.91 Å². The third kappa shape index (κ3) is 5.69. The summed E-state index contributed by atoms with van der Waals surface area (Å²) in [4.78, 5) is 41.8. The van der Waals surface area contributed by atoms with Gasteiger partial charge in [0.2, 0.25) is 14.3 Å². The number of aliphatic hydroxyl groups excluding tert-OH is 1. The highest BCUT2D eigenvalue weighted by atomic mass is 79.9. The Kier molecular flexibility index (Phi) is 8.67. The summed E-state index contributed by atoms with van der Waals surface area (Å²) in [5, 5.41) is 17.5. The van der Waals surface area contributed by atoms with Crippen molar-refractivity contribution in [3.05, 3.63) is 70.0 Å². The molecule has 2 saturated heterocycles. The monoisotopic (exact) mass is 713 g/mol. The molecule has 1 N–H and O–H groups in total. The Bertz CT molecular complexity index is 1680. The van der Waals surface area contributed by atoms with Crippen LogP contribution >= 0.6 is 15.9 Å². The second-order valence-electron chi connectivity index (χ2n) is 12.8. The van der Waals surface area contributed by atoms with Crippen LogP contribution in [0.1, 0.15) is 43.5 Å². The van der Waals surface area contributed by atoms with Crippen LogP contribution in [0.2, 0.25) is 18.6 Å². The van der Waals surface area contributed by atoms with Crippen LogP contribution in [0, 0.1) is 5.92 Å². The second-order valence-corrected chi connectivity index (χ2v) is 17.5. The number of nitrogens with zero attached hydrogens (tertiary/aromatic N) is 5. The van der Waals surface area contributed by atoms with Crippen molar-refractivity contribution < 1.29 is 33.1 Å². The van der Waals surface area contributed by atoms with Gasteiger partial charge in [0, 0.05) is 59.9 Å². The highest BCUT2D eigenvalue weighted by Gasteiger charge is 2.66. The van der Waals surface area contributed by atoms with Crippen LogP contribution in [0.25, 0.3) is 0 Å². The van der Waals surface area contributed by atoms with E-state index in [0.29, 0.717) is 42.0 Å². The van der Waals surface area contributed by atoms with E-state index in [1.165, 1.54) is 11.8 Å². The molecule has 6 rings (SSSR count). The average molecular weight is 715 g/mol. The molecule has 1 unspecified atom stereocenters. The number of aromatic nitrogens is 3. The van der Waals surface area contributed by atoms with Crippen molar-refractivity contribution in [1.82, 2.24) is 15.0 Å². The molecular weight excluding hydrogens is 677 g/mol. The summed E-state index contributed by atoms with van der Waals surface area (Å²) in [5.74, 6) is -1.34. The maximum absolute atomic E-state index is 16.2. The maximum Gasteiger partial charge on any atom is 0.304 e. The van der Waals surface area contributed by atoms with E-state index in [1.54, 1.807) is 41.0 Å². The Labute approximate surface area is 276 Å². The molecule has 244 valence electrons.